The average molecular weight is 273 g/mol. The Morgan fingerprint density at radius 1 is 1.15 bits per heavy atom. The summed E-state index contributed by atoms with van der Waals surface area (Å²) in [5.41, 5.74) is 7.01. The Bertz CT molecular complexity index is 662. The smallest absolute Gasteiger partial charge is 0.265 e. The van der Waals surface area contributed by atoms with Crippen LogP contribution >= 0.6 is 0 Å². The van der Waals surface area contributed by atoms with Gasteiger partial charge in [-0.3, -0.25) is 0 Å². The maximum Gasteiger partial charge on any atom is 0.265 e. The van der Waals surface area contributed by atoms with Crippen molar-refractivity contribution in [3.8, 4) is 6.07 Å². The van der Waals surface area contributed by atoms with Crippen LogP contribution in [-0.2, 0) is 0 Å². The minimum absolute atomic E-state index is 0.153. The highest BCUT2D eigenvalue weighted by Crippen LogP contribution is 2.35. The molecule has 0 aliphatic heterocycles. The fraction of sp³-hybridized carbons (Fsp3) is 0.133. The number of benzene rings is 2. The van der Waals surface area contributed by atoms with Crippen molar-refractivity contribution in [3.05, 3.63) is 53.6 Å². The van der Waals surface area contributed by atoms with Gasteiger partial charge in [-0.05, 0) is 30.3 Å². The van der Waals surface area contributed by atoms with Gasteiger partial charge in [0.05, 0.1) is 11.3 Å². The van der Waals surface area contributed by atoms with Gasteiger partial charge in [-0.25, -0.2) is 8.78 Å². The molecule has 102 valence electrons. The molecule has 0 atom stereocenters. The van der Waals surface area contributed by atoms with Crippen LogP contribution in [0.2, 0.25) is 0 Å². The minimum Gasteiger partial charge on any atom is -0.399 e. The Hall–Kier alpha value is -2.61. The first-order valence-corrected chi connectivity index (χ1v) is 5.95. The lowest BCUT2D eigenvalue weighted by atomic mass is 10.1. The van der Waals surface area contributed by atoms with E-state index in [2.05, 4.69) is 6.07 Å². The number of para-hydroxylation sites is 1. The van der Waals surface area contributed by atoms with Gasteiger partial charge in [-0.2, -0.15) is 5.26 Å². The van der Waals surface area contributed by atoms with E-state index in [1.165, 1.54) is 12.1 Å². The van der Waals surface area contributed by atoms with Gasteiger partial charge < -0.3 is 10.6 Å². The molecule has 20 heavy (non-hydrogen) atoms. The molecule has 0 amide bonds. The predicted octanol–water partition coefficient (Wildman–Crippen LogP) is 3.85. The minimum atomic E-state index is -2.63. The van der Waals surface area contributed by atoms with Crippen LogP contribution < -0.4 is 10.6 Å². The lowest BCUT2D eigenvalue weighted by Gasteiger charge is -2.23. The molecule has 0 saturated heterocycles. The maximum absolute atomic E-state index is 13.1. The molecule has 0 spiro atoms. The molecule has 2 aromatic carbocycles. The van der Waals surface area contributed by atoms with Gasteiger partial charge >= 0.3 is 0 Å². The standard InChI is InChI=1S/C15H13F2N3/c1-20(13-5-3-2-4-10(13)9-18)14-7-6-11(19)8-12(14)15(16)17/h2-8,15H,19H2,1H3. The fourth-order valence-corrected chi connectivity index (χ4v) is 2.04. The molecular weight excluding hydrogens is 260 g/mol. The van der Waals surface area contributed by atoms with E-state index in [9.17, 15) is 8.78 Å². The van der Waals surface area contributed by atoms with E-state index >= 15 is 0 Å². The van der Waals surface area contributed by atoms with E-state index in [0.29, 0.717) is 16.9 Å². The number of halogens is 2. The van der Waals surface area contributed by atoms with E-state index in [4.69, 9.17) is 11.0 Å². The average Bonchev–Trinajstić information content (AvgIpc) is 2.46. The van der Waals surface area contributed by atoms with Gasteiger partial charge in [-0.15, -0.1) is 0 Å². The van der Waals surface area contributed by atoms with E-state index in [-0.39, 0.29) is 11.3 Å². The summed E-state index contributed by atoms with van der Waals surface area (Å²) >= 11 is 0. The van der Waals surface area contributed by atoms with Crippen LogP contribution in [-0.4, -0.2) is 7.05 Å². The number of nitrogen functional groups attached to an aromatic ring is 1. The molecule has 0 saturated carbocycles. The summed E-state index contributed by atoms with van der Waals surface area (Å²) in [6.45, 7) is 0. The number of nitriles is 1. The monoisotopic (exact) mass is 273 g/mol. The first-order chi connectivity index (χ1) is 9.54. The van der Waals surface area contributed by atoms with E-state index in [1.54, 1.807) is 42.3 Å². The third kappa shape index (κ3) is 2.54. The predicted molar refractivity (Wildman–Crippen MR) is 75.0 cm³/mol. The number of nitrogens with zero attached hydrogens (tertiary/aromatic N) is 2. The normalized spacial score (nSPS) is 10.3. The van der Waals surface area contributed by atoms with Gasteiger partial charge in [0.25, 0.3) is 6.43 Å². The molecule has 3 nitrogen and oxygen atoms in total. The van der Waals surface area contributed by atoms with E-state index in [0.717, 1.165) is 0 Å². The molecule has 0 aromatic heterocycles. The highest BCUT2D eigenvalue weighted by atomic mass is 19.3. The summed E-state index contributed by atoms with van der Waals surface area (Å²) in [4.78, 5) is 1.57. The van der Waals surface area contributed by atoms with Crippen molar-refractivity contribution in [1.29, 1.82) is 5.26 Å². The Morgan fingerprint density at radius 3 is 2.50 bits per heavy atom. The largest absolute Gasteiger partial charge is 0.399 e. The molecular formula is C15H13F2N3. The van der Waals surface area contributed by atoms with Crippen LogP contribution in [0.4, 0.5) is 25.8 Å². The maximum atomic E-state index is 13.1. The van der Waals surface area contributed by atoms with Crippen molar-refractivity contribution in [2.45, 2.75) is 6.43 Å². The van der Waals surface area contributed by atoms with Crippen LogP contribution in [0.1, 0.15) is 17.6 Å². The Labute approximate surface area is 115 Å². The molecule has 0 heterocycles. The van der Waals surface area contributed by atoms with E-state index in [1.807, 2.05) is 0 Å². The second-order valence-electron chi connectivity index (χ2n) is 4.31. The topological polar surface area (TPSA) is 53.0 Å². The lowest BCUT2D eigenvalue weighted by Crippen LogP contribution is -2.13. The van der Waals surface area contributed by atoms with Crippen molar-refractivity contribution < 1.29 is 8.78 Å². The van der Waals surface area contributed by atoms with Crippen molar-refractivity contribution in [2.24, 2.45) is 0 Å². The van der Waals surface area contributed by atoms with Gasteiger partial charge in [0, 0.05) is 24.0 Å². The number of anilines is 3. The molecule has 0 fully saturated rings. The lowest BCUT2D eigenvalue weighted by molar-refractivity contribution is 0.152. The van der Waals surface area contributed by atoms with Crippen molar-refractivity contribution >= 4 is 17.1 Å². The summed E-state index contributed by atoms with van der Waals surface area (Å²) in [5.74, 6) is 0. The zero-order valence-corrected chi connectivity index (χ0v) is 10.8. The van der Waals surface area contributed by atoms with Crippen molar-refractivity contribution in [3.63, 3.8) is 0 Å². The number of rotatable bonds is 3. The Morgan fingerprint density at radius 2 is 1.85 bits per heavy atom. The third-order valence-electron chi connectivity index (χ3n) is 3.03. The third-order valence-corrected chi connectivity index (χ3v) is 3.03. The van der Waals surface area contributed by atoms with Gasteiger partial charge in [-0.1, -0.05) is 12.1 Å². The van der Waals surface area contributed by atoms with Crippen LogP contribution in [0.5, 0.6) is 0 Å². The Kier molecular flexibility index (Phi) is 3.85. The highest BCUT2D eigenvalue weighted by molar-refractivity contribution is 5.72. The SMILES string of the molecule is CN(c1ccccc1C#N)c1ccc(N)cc1C(F)F. The number of hydrogen-bond donors (Lipinski definition) is 1. The van der Waals surface area contributed by atoms with E-state index < -0.39 is 6.43 Å². The first-order valence-electron chi connectivity index (χ1n) is 5.95. The summed E-state index contributed by atoms with van der Waals surface area (Å²) in [6.07, 6.45) is -2.63. The fourth-order valence-electron chi connectivity index (χ4n) is 2.04. The summed E-state index contributed by atoms with van der Waals surface area (Å²) in [7, 11) is 1.65. The number of hydrogen-bond acceptors (Lipinski definition) is 3. The molecule has 0 unspecified atom stereocenters. The quantitative estimate of drug-likeness (QED) is 0.864. The number of nitrogens with two attached hydrogens (primary N) is 1. The molecule has 0 bridgehead atoms. The molecule has 2 N–H and O–H groups in total. The second-order valence-corrected chi connectivity index (χ2v) is 4.31. The highest BCUT2D eigenvalue weighted by Gasteiger charge is 2.18. The van der Waals surface area contributed by atoms with Gasteiger partial charge in [0.15, 0.2) is 0 Å². The molecule has 0 aliphatic rings. The summed E-state index contributed by atoms with van der Waals surface area (Å²) < 4.78 is 26.2. The number of alkyl halides is 2. The molecule has 2 aromatic rings. The molecule has 0 aliphatic carbocycles. The van der Waals surface area contributed by atoms with Crippen LogP contribution in [0.15, 0.2) is 42.5 Å². The van der Waals surface area contributed by atoms with Crippen LogP contribution in [0.25, 0.3) is 0 Å². The molecule has 0 radical (unpaired) electrons. The second kappa shape index (κ2) is 5.57. The van der Waals surface area contributed by atoms with Crippen LogP contribution in [0, 0.1) is 11.3 Å². The molecule has 2 rings (SSSR count). The summed E-state index contributed by atoms with van der Waals surface area (Å²) in [5, 5.41) is 9.09. The van der Waals surface area contributed by atoms with Gasteiger partial charge in [0.1, 0.15) is 6.07 Å². The Balaban J connectivity index is 2.54. The van der Waals surface area contributed by atoms with Crippen molar-refractivity contribution in [1.82, 2.24) is 0 Å². The zero-order valence-electron chi connectivity index (χ0n) is 10.8. The van der Waals surface area contributed by atoms with Gasteiger partial charge in [0.2, 0.25) is 0 Å². The zero-order chi connectivity index (χ0) is 14.7. The first kappa shape index (κ1) is 13.8. The molecule has 5 heteroatoms. The van der Waals surface area contributed by atoms with Crippen molar-refractivity contribution in [2.75, 3.05) is 17.7 Å². The summed E-state index contributed by atoms with van der Waals surface area (Å²) in [6, 6.07) is 13.2. The van der Waals surface area contributed by atoms with Crippen LogP contribution in [0.3, 0.4) is 0 Å².